The molecule has 6 heteroatoms. The van der Waals surface area contributed by atoms with E-state index in [1.807, 2.05) is 20.0 Å². The van der Waals surface area contributed by atoms with Crippen LogP contribution in [0.25, 0.3) is 0 Å². The van der Waals surface area contributed by atoms with Gasteiger partial charge in [-0.05, 0) is 13.0 Å². The third-order valence-corrected chi connectivity index (χ3v) is 3.47. The molecule has 1 amide bonds. The second-order valence-electron chi connectivity index (χ2n) is 4.70. The molecule has 0 N–H and O–H groups in total. The number of likely N-dealkylation sites (N-methyl/N-ethyl adjacent to an activating group) is 1. The first kappa shape index (κ1) is 13.9. The summed E-state index contributed by atoms with van der Waals surface area (Å²) < 4.78 is 5.28. The van der Waals surface area contributed by atoms with Crippen LogP contribution >= 0.6 is 0 Å². The van der Waals surface area contributed by atoms with Crippen molar-refractivity contribution in [3.05, 3.63) is 24.3 Å². The van der Waals surface area contributed by atoms with Gasteiger partial charge in [-0.15, -0.1) is 0 Å². The van der Waals surface area contributed by atoms with Crippen molar-refractivity contribution in [3.8, 4) is 0 Å². The molecule has 0 bridgehead atoms. The molecule has 1 saturated heterocycles. The normalized spacial score (nSPS) is 18.0. The Morgan fingerprint density at radius 1 is 1.53 bits per heavy atom. The molecule has 1 aliphatic rings. The van der Waals surface area contributed by atoms with Gasteiger partial charge in [-0.2, -0.15) is 0 Å². The Morgan fingerprint density at radius 2 is 2.26 bits per heavy atom. The van der Waals surface area contributed by atoms with Crippen molar-refractivity contribution in [2.75, 3.05) is 39.9 Å². The van der Waals surface area contributed by atoms with Gasteiger partial charge in [0, 0.05) is 26.3 Å². The van der Waals surface area contributed by atoms with Crippen LogP contribution in [0.4, 0.5) is 0 Å². The topological polar surface area (TPSA) is 58.6 Å². The summed E-state index contributed by atoms with van der Waals surface area (Å²) in [5.41, 5.74) is 0.854. The van der Waals surface area contributed by atoms with E-state index in [0.29, 0.717) is 19.8 Å². The number of nitrogens with zero attached hydrogens (tertiary/aromatic N) is 4. The highest BCUT2D eigenvalue weighted by molar-refractivity contribution is 5.78. The van der Waals surface area contributed by atoms with E-state index in [-0.39, 0.29) is 11.9 Å². The Hall–Kier alpha value is -1.53. The van der Waals surface area contributed by atoms with E-state index in [0.717, 1.165) is 18.8 Å². The first-order chi connectivity index (χ1) is 9.18. The maximum absolute atomic E-state index is 12.2. The molecule has 0 spiro atoms. The molecular formula is C13H20N4O2. The van der Waals surface area contributed by atoms with Gasteiger partial charge in [-0.1, -0.05) is 0 Å². The molecule has 1 fully saturated rings. The van der Waals surface area contributed by atoms with E-state index in [2.05, 4.69) is 14.9 Å². The van der Waals surface area contributed by atoms with E-state index in [9.17, 15) is 4.79 Å². The number of carbonyl (C=O) groups excluding carboxylic acids is 1. The SMILES string of the molecule is C[C@@H](c1ccncn1)N(C)C(=O)CN1CCOCC1. The van der Waals surface area contributed by atoms with Crippen molar-refractivity contribution in [2.45, 2.75) is 13.0 Å². The monoisotopic (exact) mass is 264 g/mol. The van der Waals surface area contributed by atoms with E-state index in [1.165, 1.54) is 6.33 Å². The largest absolute Gasteiger partial charge is 0.379 e. The van der Waals surface area contributed by atoms with Gasteiger partial charge in [0.1, 0.15) is 6.33 Å². The molecule has 1 atom stereocenters. The van der Waals surface area contributed by atoms with E-state index < -0.39 is 0 Å². The molecule has 1 aliphatic heterocycles. The molecule has 0 saturated carbocycles. The Labute approximate surface area is 113 Å². The molecule has 1 aromatic rings. The van der Waals surface area contributed by atoms with Gasteiger partial charge in [0.25, 0.3) is 0 Å². The van der Waals surface area contributed by atoms with Gasteiger partial charge < -0.3 is 9.64 Å². The van der Waals surface area contributed by atoms with Crippen molar-refractivity contribution < 1.29 is 9.53 Å². The molecule has 0 radical (unpaired) electrons. The van der Waals surface area contributed by atoms with Crippen LogP contribution in [0.2, 0.25) is 0 Å². The molecular weight excluding hydrogens is 244 g/mol. The highest BCUT2D eigenvalue weighted by Gasteiger charge is 2.21. The lowest BCUT2D eigenvalue weighted by Gasteiger charge is -2.30. The number of aromatic nitrogens is 2. The number of amides is 1. The van der Waals surface area contributed by atoms with Crippen molar-refractivity contribution in [1.29, 1.82) is 0 Å². The van der Waals surface area contributed by atoms with E-state index in [4.69, 9.17) is 4.74 Å². The second-order valence-corrected chi connectivity index (χ2v) is 4.70. The Bertz CT molecular complexity index is 406. The van der Waals surface area contributed by atoms with Crippen LogP contribution in [0.3, 0.4) is 0 Å². The standard InChI is InChI=1S/C13H20N4O2/c1-11(12-3-4-14-10-15-12)16(2)13(18)9-17-5-7-19-8-6-17/h3-4,10-11H,5-9H2,1-2H3/t11-/m0/s1. The van der Waals surface area contributed by atoms with Crippen molar-refractivity contribution >= 4 is 5.91 Å². The summed E-state index contributed by atoms with van der Waals surface area (Å²) in [5, 5.41) is 0. The van der Waals surface area contributed by atoms with E-state index in [1.54, 1.807) is 11.1 Å². The summed E-state index contributed by atoms with van der Waals surface area (Å²) in [6.45, 7) is 5.47. The predicted molar refractivity (Wildman–Crippen MR) is 70.5 cm³/mol. The Kier molecular flexibility index (Phi) is 4.81. The van der Waals surface area contributed by atoms with Crippen LogP contribution in [-0.2, 0) is 9.53 Å². The summed E-state index contributed by atoms with van der Waals surface area (Å²) in [7, 11) is 1.82. The predicted octanol–water partition coefficient (Wildman–Crippen LogP) is 0.328. The van der Waals surface area contributed by atoms with Crippen LogP contribution in [-0.4, -0.2) is 65.6 Å². The lowest BCUT2D eigenvalue weighted by atomic mass is 10.2. The minimum absolute atomic E-state index is 0.0449. The highest BCUT2D eigenvalue weighted by atomic mass is 16.5. The average Bonchev–Trinajstić information content (AvgIpc) is 2.47. The van der Waals surface area contributed by atoms with Gasteiger partial charge in [0.15, 0.2) is 0 Å². The van der Waals surface area contributed by atoms with Crippen LogP contribution in [0.15, 0.2) is 18.6 Å². The zero-order valence-corrected chi connectivity index (χ0v) is 11.5. The smallest absolute Gasteiger partial charge is 0.237 e. The summed E-state index contributed by atoms with van der Waals surface area (Å²) in [5.74, 6) is 0.105. The number of carbonyl (C=O) groups is 1. The van der Waals surface area contributed by atoms with Gasteiger partial charge in [-0.25, -0.2) is 9.97 Å². The maximum atomic E-state index is 12.2. The average molecular weight is 264 g/mol. The van der Waals surface area contributed by atoms with Gasteiger partial charge in [-0.3, -0.25) is 9.69 Å². The van der Waals surface area contributed by atoms with Crippen molar-refractivity contribution in [2.24, 2.45) is 0 Å². The summed E-state index contributed by atoms with van der Waals surface area (Å²) in [4.78, 5) is 24.2. The van der Waals surface area contributed by atoms with Crippen LogP contribution in [0.5, 0.6) is 0 Å². The minimum Gasteiger partial charge on any atom is -0.379 e. The molecule has 19 heavy (non-hydrogen) atoms. The Balaban J connectivity index is 1.91. The molecule has 104 valence electrons. The minimum atomic E-state index is -0.0449. The molecule has 2 rings (SSSR count). The molecule has 0 unspecified atom stereocenters. The van der Waals surface area contributed by atoms with E-state index >= 15 is 0 Å². The number of rotatable bonds is 4. The van der Waals surface area contributed by atoms with Gasteiger partial charge >= 0.3 is 0 Å². The Morgan fingerprint density at radius 3 is 2.89 bits per heavy atom. The number of hydrogen-bond acceptors (Lipinski definition) is 5. The van der Waals surface area contributed by atoms with Crippen molar-refractivity contribution in [1.82, 2.24) is 19.8 Å². The van der Waals surface area contributed by atoms with Gasteiger partial charge in [0.05, 0.1) is 31.5 Å². The number of morpholine rings is 1. The second kappa shape index (κ2) is 6.58. The zero-order chi connectivity index (χ0) is 13.7. The van der Waals surface area contributed by atoms with Crippen LogP contribution < -0.4 is 0 Å². The highest BCUT2D eigenvalue weighted by Crippen LogP contribution is 2.15. The summed E-state index contributed by atoms with van der Waals surface area (Å²) in [6.07, 6.45) is 3.20. The molecule has 1 aromatic heterocycles. The lowest BCUT2D eigenvalue weighted by molar-refractivity contribution is -0.134. The fourth-order valence-corrected chi connectivity index (χ4v) is 2.02. The summed E-state index contributed by atoms with van der Waals surface area (Å²) >= 11 is 0. The van der Waals surface area contributed by atoms with Crippen LogP contribution in [0.1, 0.15) is 18.7 Å². The maximum Gasteiger partial charge on any atom is 0.237 e. The third kappa shape index (κ3) is 3.71. The lowest BCUT2D eigenvalue weighted by Crippen LogP contribution is -2.44. The number of ether oxygens (including phenoxy) is 1. The fourth-order valence-electron chi connectivity index (χ4n) is 2.02. The third-order valence-electron chi connectivity index (χ3n) is 3.47. The first-order valence-corrected chi connectivity index (χ1v) is 6.50. The first-order valence-electron chi connectivity index (χ1n) is 6.50. The number of hydrogen-bond donors (Lipinski definition) is 0. The van der Waals surface area contributed by atoms with Crippen molar-refractivity contribution in [3.63, 3.8) is 0 Å². The molecule has 6 nitrogen and oxygen atoms in total. The molecule has 2 heterocycles. The molecule has 0 aromatic carbocycles. The quantitative estimate of drug-likeness (QED) is 0.784. The zero-order valence-electron chi connectivity index (χ0n) is 11.5. The fraction of sp³-hybridized carbons (Fsp3) is 0.615. The van der Waals surface area contributed by atoms with Crippen LogP contribution in [0, 0.1) is 0 Å². The summed E-state index contributed by atoms with van der Waals surface area (Å²) in [6, 6.07) is 1.79. The molecule has 0 aliphatic carbocycles. The van der Waals surface area contributed by atoms with Gasteiger partial charge in [0.2, 0.25) is 5.91 Å².